The number of amides is 1. The van der Waals surface area contributed by atoms with Gasteiger partial charge >= 0.3 is 0 Å². The fraction of sp³-hybridized carbons (Fsp3) is 0.120. The van der Waals surface area contributed by atoms with Gasteiger partial charge in [-0.3, -0.25) is 9.89 Å². The smallest absolute Gasteiger partial charge is 0.273 e. The van der Waals surface area contributed by atoms with Gasteiger partial charge in [0.25, 0.3) is 5.91 Å². The predicted molar refractivity (Wildman–Crippen MR) is 123 cm³/mol. The monoisotopic (exact) mass is 473 g/mol. The van der Waals surface area contributed by atoms with Crippen LogP contribution >= 0.6 is 15.9 Å². The number of carbonyl (C=O) groups excluding carboxylic acids is 1. The maximum absolute atomic E-state index is 13.4. The summed E-state index contributed by atoms with van der Waals surface area (Å²) in [5.74, 6) is 0.746. The van der Waals surface area contributed by atoms with E-state index in [1.807, 2.05) is 71.6 Å². The van der Waals surface area contributed by atoms with E-state index in [9.17, 15) is 4.79 Å². The third kappa shape index (κ3) is 3.53. The van der Waals surface area contributed by atoms with Crippen molar-refractivity contribution in [1.82, 2.24) is 15.1 Å². The lowest BCUT2D eigenvalue weighted by Crippen LogP contribution is -2.29. The molecule has 31 heavy (non-hydrogen) atoms. The Morgan fingerprint density at radius 2 is 1.71 bits per heavy atom. The van der Waals surface area contributed by atoms with Gasteiger partial charge in [0.05, 0.1) is 18.8 Å². The van der Waals surface area contributed by atoms with E-state index >= 15 is 0 Å². The number of hydrogen-bond acceptors (Lipinski definition) is 3. The number of carbonyl (C=O) groups is 1. The summed E-state index contributed by atoms with van der Waals surface area (Å²) in [5, 5.41) is 7.53. The minimum Gasteiger partial charge on any atom is -0.497 e. The first kappa shape index (κ1) is 19.6. The van der Waals surface area contributed by atoms with Gasteiger partial charge in [0.2, 0.25) is 0 Å². The Labute approximate surface area is 188 Å². The Balaban J connectivity index is 1.61. The van der Waals surface area contributed by atoms with Crippen LogP contribution in [0.1, 0.15) is 33.2 Å². The molecule has 5 rings (SSSR count). The Kier molecular flexibility index (Phi) is 5.08. The molecule has 1 N–H and O–H groups in total. The molecule has 0 radical (unpaired) electrons. The molecular formula is C25H20BrN3O2. The van der Waals surface area contributed by atoms with Crippen LogP contribution in [0.2, 0.25) is 0 Å². The highest BCUT2D eigenvalue weighted by molar-refractivity contribution is 9.10. The second-order valence-electron chi connectivity index (χ2n) is 7.46. The number of aromatic nitrogens is 2. The highest BCUT2D eigenvalue weighted by Crippen LogP contribution is 2.43. The molecule has 1 unspecified atom stereocenters. The third-order valence-corrected chi connectivity index (χ3v) is 6.14. The SMILES string of the molecule is COc1ccc(CN2C(=O)c3[nH]nc(-c4ccccc4)c3C2c2ccc(Br)cc2)cc1. The number of aromatic amines is 1. The van der Waals surface area contributed by atoms with Crippen molar-refractivity contribution in [2.75, 3.05) is 7.11 Å². The van der Waals surface area contributed by atoms with Crippen LogP contribution in [0.4, 0.5) is 0 Å². The van der Waals surface area contributed by atoms with Crippen molar-refractivity contribution >= 4 is 21.8 Å². The molecule has 0 fully saturated rings. The number of hydrogen-bond donors (Lipinski definition) is 1. The molecule has 6 heteroatoms. The van der Waals surface area contributed by atoms with Crippen molar-refractivity contribution in [3.63, 3.8) is 0 Å². The average molecular weight is 474 g/mol. The van der Waals surface area contributed by atoms with Gasteiger partial charge < -0.3 is 9.64 Å². The third-order valence-electron chi connectivity index (χ3n) is 5.61. The predicted octanol–water partition coefficient (Wildman–Crippen LogP) is 5.59. The molecule has 1 aromatic heterocycles. The van der Waals surface area contributed by atoms with Crippen molar-refractivity contribution in [3.8, 4) is 17.0 Å². The first-order valence-electron chi connectivity index (χ1n) is 9.99. The number of rotatable bonds is 5. The summed E-state index contributed by atoms with van der Waals surface area (Å²) in [6.45, 7) is 0.486. The summed E-state index contributed by atoms with van der Waals surface area (Å²) in [5.41, 5.74) is 5.36. The Hall–Kier alpha value is -3.38. The van der Waals surface area contributed by atoms with E-state index in [1.54, 1.807) is 7.11 Å². The molecule has 4 aromatic rings. The fourth-order valence-corrected chi connectivity index (χ4v) is 4.36. The highest BCUT2D eigenvalue weighted by atomic mass is 79.9. The average Bonchev–Trinajstić information content (AvgIpc) is 3.35. The Morgan fingerprint density at radius 3 is 2.39 bits per heavy atom. The van der Waals surface area contributed by atoms with E-state index in [2.05, 4.69) is 38.3 Å². The van der Waals surface area contributed by atoms with Crippen LogP contribution in [0.25, 0.3) is 11.3 Å². The van der Waals surface area contributed by atoms with Crippen LogP contribution in [-0.2, 0) is 6.54 Å². The number of benzene rings is 3. The summed E-state index contributed by atoms with van der Waals surface area (Å²) in [4.78, 5) is 15.3. The molecule has 0 spiro atoms. The normalized spacial score (nSPS) is 15.2. The van der Waals surface area contributed by atoms with E-state index in [0.717, 1.165) is 38.2 Å². The molecule has 0 aliphatic carbocycles. The number of ether oxygens (including phenoxy) is 1. The lowest BCUT2D eigenvalue weighted by atomic mass is 9.96. The van der Waals surface area contributed by atoms with Crippen LogP contribution < -0.4 is 4.74 Å². The summed E-state index contributed by atoms with van der Waals surface area (Å²) >= 11 is 3.51. The van der Waals surface area contributed by atoms with Crippen molar-refractivity contribution in [2.45, 2.75) is 12.6 Å². The maximum Gasteiger partial charge on any atom is 0.273 e. The topological polar surface area (TPSA) is 58.2 Å². The van der Waals surface area contributed by atoms with Crippen molar-refractivity contribution < 1.29 is 9.53 Å². The summed E-state index contributed by atoms with van der Waals surface area (Å²) in [6.07, 6.45) is 0. The molecule has 0 saturated heterocycles. The lowest BCUT2D eigenvalue weighted by Gasteiger charge is -2.26. The number of fused-ring (bicyclic) bond motifs is 1. The van der Waals surface area contributed by atoms with Gasteiger partial charge in [-0.05, 0) is 35.4 Å². The Morgan fingerprint density at radius 1 is 1.00 bits per heavy atom. The summed E-state index contributed by atoms with van der Waals surface area (Å²) in [7, 11) is 1.65. The van der Waals surface area contributed by atoms with Crippen molar-refractivity contribution in [2.24, 2.45) is 0 Å². The van der Waals surface area contributed by atoms with Crippen LogP contribution in [0, 0.1) is 0 Å². The van der Waals surface area contributed by atoms with Gasteiger partial charge in [0.15, 0.2) is 0 Å². The second kappa shape index (κ2) is 8.04. The molecule has 2 heterocycles. The number of nitrogens with one attached hydrogen (secondary N) is 1. The molecule has 3 aromatic carbocycles. The number of nitrogens with zero attached hydrogens (tertiary/aromatic N) is 2. The molecule has 5 nitrogen and oxygen atoms in total. The maximum atomic E-state index is 13.4. The van der Waals surface area contributed by atoms with Crippen LogP contribution in [0.15, 0.2) is 83.3 Å². The first-order chi connectivity index (χ1) is 15.2. The van der Waals surface area contributed by atoms with Gasteiger partial charge in [-0.1, -0.05) is 70.5 Å². The van der Waals surface area contributed by atoms with E-state index in [-0.39, 0.29) is 11.9 Å². The quantitative estimate of drug-likeness (QED) is 0.410. The van der Waals surface area contributed by atoms with E-state index < -0.39 is 0 Å². The Bertz CT molecular complexity index is 1220. The van der Waals surface area contributed by atoms with Crippen LogP contribution in [-0.4, -0.2) is 28.1 Å². The van der Waals surface area contributed by atoms with Crippen LogP contribution in [0.3, 0.4) is 0 Å². The number of methoxy groups -OCH3 is 1. The van der Waals surface area contributed by atoms with E-state index in [1.165, 1.54) is 0 Å². The van der Waals surface area contributed by atoms with E-state index in [4.69, 9.17) is 4.74 Å². The number of H-pyrrole nitrogens is 1. The lowest BCUT2D eigenvalue weighted by molar-refractivity contribution is 0.0730. The highest BCUT2D eigenvalue weighted by Gasteiger charge is 2.42. The summed E-state index contributed by atoms with van der Waals surface area (Å²) in [6, 6.07) is 25.7. The fourth-order valence-electron chi connectivity index (χ4n) is 4.10. The van der Waals surface area contributed by atoms with Crippen LogP contribution in [0.5, 0.6) is 5.75 Å². The van der Waals surface area contributed by atoms with E-state index in [0.29, 0.717) is 12.2 Å². The molecule has 0 bridgehead atoms. The van der Waals surface area contributed by atoms with Gasteiger partial charge in [-0.15, -0.1) is 0 Å². The molecule has 0 saturated carbocycles. The zero-order valence-electron chi connectivity index (χ0n) is 16.9. The molecular weight excluding hydrogens is 454 g/mol. The molecule has 1 atom stereocenters. The minimum atomic E-state index is -0.230. The van der Waals surface area contributed by atoms with Gasteiger partial charge in [0.1, 0.15) is 11.4 Å². The minimum absolute atomic E-state index is 0.0478. The van der Waals surface area contributed by atoms with Gasteiger partial charge in [-0.2, -0.15) is 5.10 Å². The molecule has 154 valence electrons. The summed E-state index contributed by atoms with van der Waals surface area (Å²) < 4.78 is 6.26. The van der Waals surface area contributed by atoms with Crippen molar-refractivity contribution in [1.29, 1.82) is 0 Å². The zero-order chi connectivity index (χ0) is 21.4. The van der Waals surface area contributed by atoms with Gasteiger partial charge in [-0.25, -0.2) is 0 Å². The van der Waals surface area contributed by atoms with Crippen molar-refractivity contribution in [3.05, 3.63) is 106 Å². The standard InChI is InChI=1S/C25H20BrN3O2/c1-31-20-13-7-16(8-14-20)15-29-24(18-9-11-19(26)12-10-18)21-22(17-5-3-2-4-6-17)27-28-23(21)25(29)30/h2-14,24H,15H2,1H3,(H,27,28). The zero-order valence-corrected chi connectivity index (χ0v) is 18.5. The van der Waals surface area contributed by atoms with Gasteiger partial charge in [0, 0.05) is 22.1 Å². The first-order valence-corrected chi connectivity index (χ1v) is 10.8. The number of halogens is 1. The second-order valence-corrected chi connectivity index (χ2v) is 8.38. The largest absolute Gasteiger partial charge is 0.497 e. The molecule has 1 aliphatic rings. The molecule has 1 aliphatic heterocycles. The molecule has 1 amide bonds.